The van der Waals surface area contributed by atoms with E-state index >= 15 is 0 Å². The van der Waals surface area contributed by atoms with Gasteiger partial charge in [0.05, 0.1) is 29.6 Å². The number of ether oxygens (including phenoxy) is 1. The number of rotatable bonds is 13. The van der Waals surface area contributed by atoms with Crippen LogP contribution in [0.4, 0.5) is 21.0 Å². The molecule has 1 heterocycles. The van der Waals surface area contributed by atoms with Crippen LogP contribution in [0.25, 0.3) is 28.3 Å². The van der Waals surface area contributed by atoms with Crippen LogP contribution in [0, 0.1) is 0 Å². The van der Waals surface area contributed by atoms with Crippen molar-refractivity contribution in [3.63, 3.8) is 0 Å². The fraction of sp³-hybridized carbons (Fsp3) is 0.250. The molecule has 6 rings (SSSR count). The molecule has 0 bridgehead atoms. The maximum Gasteiger partial charge on any atom is 0.438 e. The molecule has 0 aliphatic heterocycles. The predicted octanol–water partition coefficient (Wildman–Crippen LogP) is 8.26. The molecule has 1 aromatic heterocycles. The molecule has 0 saturated heterocycles. The van der Waals surface area contributed by atoms with Gasteiger partial charge in [0.15, 0.2) is 11.9 Å². The van der Waals surface area contributed by atoms with Gasteiger partial charge in [-0.25, -0.2) is 19.9 Å². The molecule has 4 aromatic carbocycles. The van der Waals surface area contributed by atoms with Crippen LogP contribution in [0.1, 0.15) is 60.0 Å². The van der Waals surface area contributed by atoms with Crippen molar-refractivity contribution < 1.29 is 33.5 Å². The molecule has 3 N–H and O–H groups in total. The first-order chi connectivity index (χ1) is 25.3. The van der Waals surface area contributed by atoms with Crippen LogP contribution in [-0.2, 0) is 17.9 Å². The monoisotopic (exact) mass is 704 g/mol. The SMILES string of the molecule is COc1cc2c(cc1C=O)oc(=O)n2CC/C=C/c1ccc(-c2ccccc2)c(N(C(=O)ONc2ccc(CNC(=O)O)cc2)C2CCCCC2)c1. The minimum absolute atomic E-state index is 0.0767. The highest BCUT2D eigenvalue weighted by atomic mass is 16.7. The second-order valence-corrected chi connectivity index (χ2v) is 12.5. The number of benzene rings is 4. The lowest BCUT2D eigenvalue weighted by molar-refractivity contribution is 0.112. The molecule has 2 amide bonds. The van der Waals surface area contributed by atoms with Crippen LogP contribution in [-0.4, -0.2) is 41.3 Å². The number of carbonyl (C=O) groups excluding carboxylic acids is 2. The second-order valence-electron chi connectivity index (χ2n) is 12.5. The molecule has 0 unspecified atom stereocenters. The lowest BCUT2D eigenvalue weighted by Crippen LogP contribution is -2.43. The van der Waals surface area contributed by atoms with Crippen molar-refractivity contribution >= 4 is 47.0 Å². The molecule has 1 aliphatic rings. The van der Waals surface area contributed by atoms with Crippen LogP contribution in [0.3, 0.4) is 0 Å². The average molecular weight is 705 g/mol. The summed E-state index contributed by atoms with van der Waals surface area (Å²) in [5.41, 5.74) is 8.67. The summed E-state index contributed by atoms with van der Waals surface area (Å²) < 4.78 is 12.2. The van der Waals surface area contributed by atoms with E-state index in [9.17, 15) is 19.2 Å². The van der Waals surface area contributed by atoms with Crippen molar-refractivity contribution in [2.75, 3.05) is 17.5 Å². The Morgan fingerprint density at radius 2 is 1.77 bits per heavy atom. The van der Waals surface area contributed by atoms with Crippen LogP contribution in [0.5, 0.6) is 5.75 Å². The zero-order valence-electron chi connectivity index (χ0n) is 28.7. The van der Waals surface area contributed by atoms with Crippen LogP contribution in [0.15, 0.2) is 100 Å². The zero-order valence-corrected chi connectivity index (χ0v) is 28.7. The number of carbonyl (C=O) groups is 3. The third kappa shape index (κ3) is 8.35. The van der Waals surface area contributed by atoms with E-state index < -0.39 is 17.9 Å². The largest absolute Gasteiger partial charge is 0.496 e. The van der Waals surface area contributed by atoms with Crippen molar-refractivity contribution in [1.29, 1.82) is 0 Å². The van der Waals surface area contributed by atoms with Crippen molar-refractivity contribution in [3.8, 4) is 16.9 Å². The summed E-state index contributed by atoms with van der Waals surface area (Å²) >= 11 is 0. The summed E-state index contributed by atoms with van der Waals surface area (Å²) in [7, 11) is 1.46. The maximum absolute atomic E-state index is 14.1. The van der Waals surface area contributed by atoms with Crippen molar-refractivity contribution in [2.24, 2.45) is 0 Å². The highest BCUT2D eigenvalue weighted by Gasteiger charge is 2.31. The second kappa shape index (κ2) is 16.6. The summed E-state index contributed by atoms with van der Waals surface area (Å²) in [6, 6.07) is 25.9. The Morgan fingerprint density at radius 1 is 1.00 bits per heavy atom. The number of aryl methyl sites for hydroxylation is 1. The van der Waals surface area contributed by atoms with E-state index in [0.717, 1.165) is 60.0 Å². The smallest absolute Gasteiger partial charge is 0.438 e. The Balaban J connectivity index is 1.26. The van der Waals surface area contributed by atoms with E-state index in [4.69, 9.17) is 19.1 Å². The minimum Gasteiger partial charge on any atom is -0.496 e. The minimum atomic E-state index is -1.11. The highest BCUT2D eigenvalue weighted by Crippen LogP contribution is 2.37. The van der Waals surface area contributed by atoms with E-state index in [0.29, 0.717) is 47.4 Å². The van der Waals surface area contributed by atoms with Crippen LogP contribution < -0.4 is 26.2 Å². The summed E-state index contributed by atoms with van der Waals surface area (Å²) in [5, 5.41) is 11.2. The first-order valence-corrected chi connectivity index (χ1v) is 17.2. The number of aromatic nitrogens is 1. The van der Waals surface area contributed by atoms with Gasteiger partial charge < -0.3 is 24.4 Å². The van der Waals surface area contributed by atoms with Gasteiger partial charge in [0.25, 0.3) is 0 Å². The Bertz CT molecular complexity index is 2120. The molecule has 0 spiro atoms. The van der Waals surface area contributed by atoms with Gasteiger partial charge >= 0.3 is 17.9 Å². The molecule has 52 heavy (non-hydrogen) atoms. The average Bonchev–Trinajstić information content (AvgIpc) is 3.48. The number of nitrogens with one attached hydrogen (secondary N) is 2. The molecule has 5 aromatic rings. The topological polar surface area (TPSA) is 152 Å². The van der Waals surface area contributed by atoms with E-state index in [1.54, 1.807) is 35.2 Å². The fourth-order valence-electron chi connectivity index (χ4n) is 6.53. The van der Waals surface area contributed by atoms with Crippen molar-refractivity contribution in [1.82, 2.24) is 9.88 Å². The van der Waals surface area contributed by atoms with Gasteiger partial charge in [-0.3, -0.25) is 14.3 Å². The number of methoxy groups -OCH3 is 1. The molecule has 12 heteroatoms. The van der Waals surface area contributed by atoms with E-state index in [2.05, 4.69) is 10.8 Å². The first-order valence-electron chi connectivity index (χ1n) is 17.2. The quantitative estimate of drug-likeness (QED) is 0.0812. The highest BCUT2D eigenvalue weighted by molar-refractivity contribution is 5.95. The van der Waals surface area contributed by atoms with Crippen LogP contribution >= 0.6 is 0 Å². The van der Waals surface area contributed by atoms with Crippen molar-refractivity contribution in [2.45, 2.75) is 57.7 Å². The number of amides is 2. The third-order valence-corrected chi connectivity index (χ3v) is 9.13. The molecular weight excluding hydrogens is 664 g/mol. The van der Waals surface area contributed by atoms with Gasteiger partial charge in [0.1, 0.15) is 5.75 Å². The molecule has 268 valence electrons. The standard InChI is InChI=1S/C40H40N4O8/c1-50-36-24-35-37(23-30(36)26-45)51-39(48)43(35)21-9-8-10-27-17-20-33(29-11-4-2-5-12-29)34(22-27)44(32-13-6-3-7-14-32)40(49)52-42-31-18-15-28(16-19-31)25-41-38(46)47/h2,4-5,8,10-12,15-20,22-24,26,32,41-42H,3,6-7,9,13-14,21,25H2,1H3,(H,46,47)/b10-8+. The molecule has 1 saturated carbocycles. The summed E-state index contributed by atoms with van der Waals surface area (Å²) in [6.07, 6.45) is 8.21. The van der Waals surface area contributed by atoms with E-state index in [1.807, 2.05) is 60.7 Å². The Kier molecular flexibility index (Phi) is 11.3. The molecule has 0 atom stereocenters. The number of nitrogens with zero attached hydrogens (tertiary/aromatic N) is 2. The number of carboxylic acid groups (broad SMARTS) is 1. The number of fused-ring (bicyclic) bond motifs is 1. The van der Waals surface area contributed by atoms with Gasteiger partial charge in [-0.05, 0) is 60.2 Å². The van der Waals surface area contributed by atoms with Gasteiger partial charge in [-0.2, -0.15) is 0 Å². The molecular formula is C40H40N4O8. The molecule has 1 aliphatic carbocycles. The Morgan fingerprint density at radius 3 is 2.48 bits per heavy atom. The van der Waals surface area contributed by atoms with Crippen molar-refractivity contribution in [3.05, 3.63) is 118 Å². The Hall–Kier alpha value is -6.30. The van der Waals surface area contributed by atoms with Crippen LogP contribution in [0.2, 0.25) is 0 Å². The number of allylic oxidation sites excluding steroid dienone is 1. The number of anilines is 2. The summed E-state index contributed by atoms with van der Waals surface area (Å²) in [5.74, 6) is -0.164. The predicted molar refractivity (Wildman–Crippen MR) is 199 cm³/mol. The third-order valence-electron chi connectivity index (χ3n) is 9.13. The lowest BCUT2D eigenvalue weighted by atomic mass is 9.92. The van der Waals surface area contributed by atoms with Gasteiger partial charge in [0, 0.05) is 30.8 Å². The molecule has 12 nitrogen and oxygen atoms in total. The first kappa shape index (κ1) is 35.5. The number of aldehydes is 1. The summed E-state index contributed by atoms with van der Waals surface area (Å²) in [6.45, 7) is 0.499. The van der Waals surface area contributed by atoms with Gasteiger partial charge in [0.2, 0.25) is 0 Å². The maximum atomic E-state index is 14.1. The molecule has 1 fully saturated rings. The van der Waals surface area contributed by atoms with E-state index in [-0.39, 0.29) is 12.6 Å². The zero-order chi connectivity index (χ0) is 36.5. The normalized spacial score (nSPS) is 13.2. The molecule has 0 radical (unpaired) electrons. The fourth-order valence-corrected chi connectivity index (χ4v) is 6.53. The van der Waals surface area contributed by atoms with Gasteiger partial charge in [-0.15, -0.1) is 0 Å². The Labute approximate surface area is 300 Å². The summed E-state index contributed by atoms with van der Waals surface area (Å²) in [4.78, 5) is 56.5. The van der Waals surface area contributed by atoms with E-state index in [1.165, 1.54) is 17.7 Å². The number of oxazole rings is 1. The number of hydrogen-bond donors (Lipinski definition) is 3. The lowest BCUT2D eigenvalue weighted by Gasteiger charge is -2.34. The van der Waals surface area contributed by atoms with Gasteiger partial charge in [-0.1, -0.05) is 86.0 Å². The number of hydrogen-bond acceptors (Lipinski definition) is 8.